The van der Waals surface area contributed by atoms with Gasteiger partial charge in [-0.3, -0.25) is 14.9 Å². The Morgan fingerprint density at radius 3 is 2.36 bits per heavy atom. The maximum atomic E-state index is 12.4. The van der Waals surface area contributed by atoms with Crippen molar-refractivity contribution in [1.29, 1.82) is 0 Å². The molecule has 0 aliphatic carbocycles. The lowest BCUT2D eigenvalue weighted by Crippen LogP contribution is -2.24. The average Bonchev–Trinajstić information content (AvgIpc) is 2.89. The summed E-state index contributed by atoms with van der Waals surface area (Å²) in [5.74, 6) is -0.0480. The summed E-state index contributed by atoms with van der Waals surface area (Å²) in [5.41, 5.74) is 3.09. The molecule has 0 aliphatic rings. The molecule has 0 radical (unpaired) electrons. The van der Waals surface area contributed by atoms with E-state index in [1.165, 1.54) is 24.4 Å². The van der Waals surface area contributed by atoms with E-state index < -0.39 is 23.4 Å². The number of nitrogens with zero attached hydrogens (tertiary/aromatic N) is 2. The van der Waals surface area contributed by atoms with Crippen molar-refractivity contribution in [3.8, 4) is 17.2 Å². The molecule has 0 aromatic heterocycles. The third kappa shape index (κ3) is 7.94. The average molecular weight is 492 g/mol. The van der Waals surface area contributed by atoms with Crippen molar-refractivity contribution >= 4 is 23.8 Å². The predicted molar refractivity (Wildman–Crippen MR) is 133 cm³/mol. The Hall–Kier alpha value is -4.73. The van der Waals surface area contributed by atoms with E-state index >= 15 is 0 Å². The smallest absolute Gasteiger partial charge is 0.343 e. The number of amides is 1. The van der Waals surface area contributed by atoms with Gasteiger partial charge in [0.25, 0.3) is 5.91 Å². The molecule has 0 fully saturated rings. The Morgan fingerprint density at radius 1 is 0.972 bits per heavy atom. The van der Waals surface area contributed by atoms with Crippen molar-refractivity contribution in [3.05, 3.63) is 94.0 Å². The monoisotopic (exact) mass is 491 g/mol. The molecule has 1 N–H and O–H groups in total. The molecule has 0 aliphatic heterocycles. The number of rotatable bonds is 12. The second kappa shape index (κ2) is 13.2. The Balaban J connectivity index is 1.45. The maximum absolute atomic E-state index is 12.4. The van der Waals surface area contributed by atoms with Gasteiger partial charge in [0, 0.05) is 6.07 Å². The molecule has 0 bridgehead atoms. The van der Waals surface area contributed by atoms with Crippen molar-refractivity contribution in [3.63, 3.8) is 0 Å². The van der Waals surface area contributed by atoms with E-state index in [9.17, 15) is 19.7 Å². The first kappa shape index (κ1) is 25.9. The first-order valence-electron chi connectivity index (χ1n) is 11.2. The van der Waals surface area contributed by atoms with Crippen LogP contribution in [-0.2, 0) is 4.79 Å². The highest BCUT2D eigenvalue weighted by atomic mass is 16.6. The molecule has 3 rings (SSSR count). The molecule has 0 unspecified atom stereocenters. The first-order chi connectivity index (χ1) is 17.5. The van der Waals surface area contributed by atoms with Crippen LogP contribution < -0.4 is 19.6 Å². The van der Waals surface area contributed by atoms with Crippen LogP contribution in [-0.4, -0.2) is 36.2 Å². The van der Waals surface area contributed by atoms with Crippen LogP contribution in [0, 0.1) is 10.1 Å². The summed E-state index contributed by atoms with van der Waals surface area (Å²) in [6.45, 7) is 2.27. The SMILES string of the molecule is CCCCOc1ccc(C(=O)Oc2ccc(/C=N/NC(=O)COc3ccccc3[N+](=O)[O-])cc2)cc1. The second-order valence-corrected chi connectivity index (χ2v) is 7.49. The maximum Gasteiger partial charge on any atom is 0.343 e. The van der Waals surface area contributed by atoms with Crippen LogP contribution in [0.3, 0.4) is 0 Å². The van der Waals surface area contributed by atoms with Gasteiger partial charge < -0.3 is 14.2 Å². The number of para-hydroxylation sites is 2. The fourth-order valence-corrected chi connectivity index (χ4v) is 2.89. The summed E-state index contributed by atoms with van der Waals surface area (Å²) in [6.07, 6.45) is 3.40. The molecular formula is C26H25N3O7. The Morgan fingerprint density at radius 2 is 1.67 bits per heavy atom. The van der Waals surface area contributed by atoms with Crippen molar-refractivity contribution in [2.45, 2.75) is 19.8 Å². The zero-order valence-corrected chi connectivity index (χ0v) is 19.6. The normalized spacial score (nSPS) is 10.6. The minimum Gasteiger partial charge on any atom is -0.494 e. The lowest BCUT2D eigenvalue weighted by atomic mass is 10.2. The lowest BCUT2D eigenvalue weighted by Gasteiger charge is -2.07. The molecule has 36 heavy (non-hydrogen) atoms. The van der Waals surface area contributed by atoms with Crippen LogP contribution in [0.15, 0.2) is 77.9 Å². The van der Waals surface area contributed by atoms with Gasteiger partial charge in [-0.2, -0.15) is 5.10 Å². The fourth-order valence-electron chi connectivity index (χ4n) is 2.89. The zero-order valence-electron chi connectivity index (χ0n) is 19.6. The van der Waals surface area contributed by atoms with E-state index in [0.717, 1.165) is 12.8 Å². The standard InChI is InChI=1S/C26H25N3O7/c1-2-3-16-34-21-14-10-20(11-15-21)26(31)36-22-12-8-19(9-13-22)17-27-28-25(30)18-35-24-7-5-4-6-23(24)29(32)33/h4-15,17H,2-3,16,18H2,1H3,(H,28,30)/b27-17+. The van der Waals surface area contributed by atoms with Crippen LogP contribution in [0.4, 0.5) is 5.69 Å². The summed E-state index contributed by atoms with van der Waals surface area (Å²) >= 11 is 0. The molecule has 0 saturated heterocycles. The van der Waals surface area contributed by atoms with E-state index in [-0.39, 0.29) is 11.4 Å². The largest absolute Gasteiger partial charge is 0.494 e. The number of unbranched alkanes of at least 4 members (excludes halogenated alkanes) is 1. The second-order valence-electron chi connectivity index (χ2n) is 7.49. The van der Waals surface area contributed by atoms with Crippen LogP contribution in [0.5, 0.6) is 17.2 Å². The summed E-state index contributed by atoms with van der Waals surface area (Å²) in [7, 11) is 0. The van der Waals surface area contributed by atoms with Crippen LogP contribution in [0.2, 0.25) is 0 Å². The van der Waals surface area contributed by atoms with Crippen LogP contribution >= 0.6 is 0 Å². The molecule has 10 heteroatoms. The van der Waals surface area contributed by atoms with Crippen molar-refractivity contribution in [2.24, 2.45) is 5.10 Å². The van der Waals surface area contributed by atoms with Gasteiger partial charge in [-0.25, -0.2) is 10.2 Å². The number of nitro groups is 1. The van der Waals surface area contributed by atoms with Gasteiger partial charge in [-0.15, -0.1) is 0 Å². The molecular weight excluding hydrogens is 466 g/mol. The van der Waals surface area contributed by atoms with Crippen molar-refractivity contribution in [2.75, 3.05) is 13.2 Å². The number of esters is 1. The molecule has 0 saturated carbocycles. The molecule has 0 atom stereocenters. The van der Waals surface area contributed by atoms with Gasteiger partial charge in [-0.1, -0.05) is 25.5 Å². The Bertz CT molecular complexity index is 1210. The van der Waals surface area contributed by atoms with Gasteiger partial charge >= 0.3 is 11.7 Å². The number of carbonyl (C=O) groups is 2. The quantitative estimate of drug-likeness (QED) is 0.0984. The Labute approximate surface area is 207 Å². The molecule has 3 aromatic rings. The number of ether oxygens (including phenoxy) is 3. The fraction of sp³-hybridized carbons (Fsp3) is 0.192. The number of nitro benzene ring substituents is 1. The number of nitrogens with one attached hydrogen (secondary N) is 1. The molecule has 1 amide bonds. The van der Waals surface area contributed by atoms with Gasteiger partial charge in [0.05, 0.1) is 23.3 Å². The van der Waals surface area contributed by atoms with Crippen LogP contribution in [0.1, 0.15) is 35.7 Å². The van der Waals surface area contributed by atoms with Gasteiger partial charge in [0.2, 0.25) is 0 Å². The highest BCUT2D eigenvalue weighted by molar-refractivity contribution is 5.91. The van der Waals surface area contributed by atoms with Gasteiger partial charge in [-0.05, 0) is 66.6 Å². The molecule has 0 heterocycles. The van der Waals surface area contributed by atoms with E-state index in [0.29, 0.717) is 29.2 Å². The minimum absolute atomic E-state index is 0.0111. The highest BCUT2D eigenvalue weighted by Gasteiger charge is 2.14. The van der Waals surface area contributed by atoms with E-state index in [1.807, 2.05) is 0 Å². The zero-order chi connectivity index (χ0) is 25.8. The number of carbonyl (C=O) groups excluding carboxylic acids is 2. The third-order valence-corrected chi connectivity index (χ3v) is 4.77. The summed E-state index contributed by atoms with van der Waals surface area (Å²) < 4.78 is 16.2. The van der Waals surface area contributed by atoms with E-state index in [4.69, 9.17) is 14.2 Å². The lowest BCUT2D eigenvalue weighted by molar-refractivity contribution is -0.385. The number of hydrazone groups is 1. The molecule has 186 valence electrons. The molecule has 0 spiro atoms. The predicted octanol–water partition coefficient (Wildman–Crippen LogP) is 4.52. The summed E-state index contributed by atoms with van der Waals surface area (Å²) in [6, 6.07) is 19.0. The first-order valence-corrected chi connectivity index (χ1v) is 11.2. The third-order valence-electron chi connectivity index (χ3n) is 4.77. The van der Waals surface area contributed by atoms with Crippen molar-refractivity contribution in [1.82, 2.24) is 5.43 Å². The summed E-state index contributed by atoms with van der Waals surface area (Å²) in [4.78, 5) is 34.6. The van der Waals surface area contributed by atoms with E-state index in [1.54, 1.807) is 54.6 Å². The topological polar surface area (TPSA) is 129 Å². The highest BCUT2D eigenvalue weighted by Crippen LogP contribution is 2.25. The molecule has 10 nitrogen and oxygen atoms in total. The van der Waals surface area contributed by atoms with Crippen LogP contribution in [0.25, 0.3) is 0 Å². The number of benzene rings is 3. The number of hydrogen-bond donors (Lipinski definition) is 1. The Kier molecular flexibility index (Phi) is 9.51. The van der Waals surface area contributed by atoms with Gasteiger partial charge in [0.15, 0.2) is 12.4 Å². The summed E-state index contributed by atoms with van der Waals surface area (Å²) in [5, 5.41) is 14.8. The molecule has 3 aromatic carbocycles. The van der Waals surface area contributed by atoms with Gasteiger partial charge in [0.1, 0.15) is 11.5 Å². The number of hydrogen-bond acceptors (Lipinski definition) is 8. The minimum atomic E-state index is -0.591. The van der Waals surface area contributed by atoms with E-state index in [2.05, 4.69) is 17.5 Å². The van der Waals surface area contributed by atoms with Crippen molar-refractivity contribution < 1.29 is 28.7 Å².